The summed E-state index contributed by atoms with van der Waals surface area (Å²) in [7, 11) is 0. The number of rotatable bonds is 2. The molecule has 114 valence electrons. The van der Waals surface area contributed by atoms with Crippen LogP contribution in [0.2, 0.25) is 10.0 Å². The van der Waals surface area contributed by atoms with Crippen molar-refractivity contribution in [3.8, 4) is 0 Å². The van der Waals surface area contributed by atoms with Gasteiger partial charge in [-0.2, -0.15) is 0 Å². The van der Waals surface area contributed by atoms with E-state index in [2.05, 4.69) is 0 Å². The highest BCUT2D eigenvalue weighted by Gasteiger charge is 2.35. The molecule has 1 amide bonds. The number of anilines is 1. The SMILES string of the molecule is Cc1ccc(N2C(=O)CS[C@H]2c2ccc(Cl)cc2Cl)cc1F. The first kappa shape index (κ1) is 15.7. The third-order valence-electron chi connectivity index (χ3n) is 3.53. The highest BCUT2D eigenvalue weighted by molar-refractivity contribution is 8.00. The summed E-state index contributed by atoms with van der Waals surface area (Å²) in [6.45, 7) is 1.69. The van der Waals surface area contributed by atoms with E-state index in [1.807, 2.05) is 0 Å². The van der Waals surface area contributed by atoms with Gasteiger partial charge in [-0.25, -0.2) is 4.39 Å². The van der Waals surface area contributed by atoms with Crippen LogP contribution >= 0.6 is 35.0 Å². The minimum Gasteiger partial charge on any atom is -0.295 e. The monoisotopic (exact) mass is 355 g/mol. The maximum Gasteiger partial charge on any atom is 0.238 e. The Morgan fingerprint density at radius 1 is 1.23 bits per heavy atom. The van der Waals surface area contributed by atoms with Crippen LogP contribution in [0.1, 0.15) is 16.5 Å². The van der Waals surface area contributed by atoms with Crippen molar-refractivity contribution in [1.29, 1.82) is 0 Å². The second-order valence-electron chi connectivity index (χ2n) is 5.03. The number of hydrogen-bond donors (Lipinski definition) is 0. The highest BCUT2D eigenvalue weighted by atomic mass is 35.5. The average Bonchev–Trinajstić information content (AvgIpc) is 2.84. The Morgan fingerprint density at radius 3 is 2.68 bits per heavy atom. The van der Waals surface area contributed by atoms with Crippen LogP contribution in [-0.2, 0) is 4.79 Å². The Bertz CT molecular complexity index is 753. The van der Waals surface area contributed by atoms with E-state index in [0.29, 0.717) is 27.0 Å². The first-order valence-corrected chi connectivity index (χ1v) is 8.42. The summed E-state index contributed by atoms with van der Waals surface area (Å²) in [6, 6.07) is 9.99. The third kappa shape index (κ3) is 2.83. The number of halogens is 3. The van der Waals surface area contributed by atoms with Crippen LogP contribution in [-0.4, -0.2) is 11.7 Å². The lowest BCUT2D eigenvalue weighted by molar-refractivity contribution is -0.115. The number of benzene rings is 2. The van der Waals surface area contributed by atoms with Crippen molar-refractivity contribution < 1.29 is 9.18 Å². The number of aryl methyl sites for hydroxylation is 1. The third-order valence-corrected chi connectivity index (χ3v) is 5.29. The van der Waals surface area contributed by atoms with Gasteiger partial charge in [-0.1, -0.05) is 35.3 Å². The summed E-state index contributed by atoms with van der Waals surface area (Å²) in [6.07, 6.45) is 0. The molecule has 1 saturated heterocycles. The molecule has 0 aromatic heterocycles. The second kappa shape index (κ2) is 6.11. The highest BCUT2D eigenvalue weighted by Crippen LogP contribution is 2.44. The van der Waals surface area contributed by atoms with E-state index < -0.39 is 0 Å². The van der Waals surface area contributed by atoms with E-state index in [9.17, 15) is 9.18 Å². The van der Waals surface area contributed by atoms with Gasteiger partial charge in [0.1, 0.15) is 11.2 Å². The molecule has 1 aliphatic rings. The minimum atomic E-state index is -0.330. The fourth-order valence-electron chi connectivity index (χ4n) is 2.37. The molecule has 0 unspecified atom stereocenters. The lowest BCUT2D eigenvalue weighted by Crippen LogP contribution is -2.28. The largest absolute Gasteiger partial charge is 0.295 e. The van der Waals surface area contributed by atoms with Crippen LogP contribution in [0.3, 0.4) is 0 Å². The molecule has 2 nitrogen and oxygen atoms in total. The van der Waals surface area contributed by atoms with Crippen LogP contribution in [0.5, 0.6) is 0 Å². The van der Waals surface area contributed by atoms with Crippen molar-refractivity contribution in [2.24, 2.45) is 0 Å². The molecular weight excluding hydrogens is 344 g/mol. The van der Waals surface area contributed by atoms with Crippen molar-refractivity contribution in [3.05, 3.63) is 63.4 Å². The average molecular weight is 356 g/mol. The lowest BCUT2D eigenvalue weighted by atomic mass is 10.1. The molecule has 1 atom stereocenters. The van der Waals surface area contributed by atoms with Crippen LogP contribution in [0.4, 0.5) is 10.1 Å². The molecule has 22 heavy (non-hydrogen) atoms. The normalized spacial score (nSPS) is 18.1. The Labute approximate surface area is 142 Å². The van der Waals surface area contributed by atoms with E-state index in [4.69, 9.17) is 23.2 Å². The van der Waals surface area contributed by atoms with Gasteiger partial charge in [0.15, 0.2) is 0 Å². The zero-order valence-electron chi connectivity index (χ0n) is 11.6. The number of carbonyl (C=O) groups excluding carboxylic acids is 1. The smallest absolute Gasteiger partial charge is 0.238 e. The molecule has 0 spiro atoms. The molecule has 2 aromatic rings. The molecule has 3 rings (SSSR count). The van der Waals surface area contributed by atoms with E-state index in [0.717, 1.165) is 5.56 Å². The van der Waals surface area contributed by atoms with Gasteiger partial charge in [0.25, 0.3) is 0 Å². The maximum atomic E-state index is 13.8. The first-order chi connectivity index (χ1) is 10.5. The first-order valence-electron chi connectivity index (χ1n) is 6.62. The van der Waals surface area contributed by atoms with Gasteiger partial charge in [-0.15, -0.1) is 11.8 Å². The molecule has 6 heteroatoms. The molecular formula is C16H12Cl2FNOS. The summed E-state index contributed by atoms with van der Waals surface area (Å²) in [5.74, 6) is -0.0634. The van der Waals surface area contributed by atoms with E-state index in [-0.39, 0.29) is 17.1 Å². The maximum absolute atomic E-state index is 13.8. The van der Waals surface area contributed by atoms with Gasteiger partial charge in [0, 0.05) is 21.3 Å². The van der Waals surface area contributed by atoms with Gasteiger partial charge >= 0.3 is 0 Å². The van der Waals surface area contributed by atoms with Gasteiger partial charge in [-0.05, 0) is 36.8 Å². The van der Waals surface area contributed by atoms with Gasteiger partial charge < -0.3 is 0 Å². The molecule has 2 aromatic carbocycles. The second-order valence-corrected chi connectivity index (χ2v) is 6.94. The Balaban J connectivity index is 2.03. The summed E-state index contributed by atoms with van der Waals surface area (Å²) < 4.78 is 13.8. The molecule has 0 radical (unpaired) electrons. The van der Waals surface area contributed by atoms with Crippen molar-refractivity contribution >= 4 is 46.6 Å². The minimum absolute atomic E-state index is 0.0655. The lowest BCUT2D eigenvalue weighted by Gasteiger charge is -2.25. The van der Waals surface area contributed by atoms with Crippen molar-refractivity contribution in [2.75, 3.05) is 10.7 Å². The predicted octanol–water partition coefficient (Wildman–Crippen LogP) is 5.22. The van der Waals surface area contributed by atoms with Gasteiger partial charge in [0.05, 0.1) is 5.75 Å². The zero-order chi connectivity index (χ0) is 15.9. The van der Waals surface area contributed by atoms with Crippen molar-refractivity contribution in [1.82, 2.24) is 0 Å². The van der Waals surface area contributed by atoms with E-state index in [1.165, 1.54) is 17.8 Å². The summed E-state index contributed by atoms with van der Waals surface area (Å²) >= 11 is 13.6. The van der Waals surface area contributed by atoms with Gasteiger partial charge in [-0.3, -0.25) is 9.69 Å². The number of amides is 1. The van der Waals surface area contributed by atoms with Crippen LogP contribution < -0.4 is 4.90 Å². The molecule has 0 aliphatic carbocycles. The van der Waals surface area contributed by atoms with Crippen LogP contribution in [0.25, 0.3) is 0 Å². The van der Waals surface area contributed by atoms with Crippen molar-refractivity contribution in [3.63, 3.8) is 0 Å². The van der Waals surface area contributed by atoms with E-state index in [1.54, 1.807) is 42.2 Å². The van der Waals surface area contributed by atoms with Crippen LogP contribution in [0.15, 0.2) is 36.4 Å². The number of thioether (sulfide) groups is 1. The van der Waals surface area contributed by atoms with Crippen molar-refractivity contribution in [2.45, 2.75) is 12.3 Å². The zero-order valence-corrected chi connectivity index (χ0v) is 14.0. The van der Waals surface area contributed by atoms with Gasteiger partial charge in [0.2, 0.25) is 5.91 Å². The molecule has 0 bridgehead atoms. The summed E-state index contributed by atoms with van der Waals surface area (Å²) in [5, 5.41) is 0.757. The fourth-order valence-corrected chi connectivity index (χ4v) is 4.16. The fraction of sp³-hybridized carbons (Fsp3) is 0.188. The Kier molecular flexibility index (Phi) is 4.35. The van der Waals surface area contributed by atoms with Crippen LogP contribution in [0, 0.1) is 12.7 Å². The Hall–Kier alpha value is -1.23. The molecule has 1 fully saturated rings. The molecule has 0 N–H and O–H groups in total. The Morgan fingerprint density at radius 2 is 2.00 bits per heavy atom. The summed E-state index contributed by atoms with van der Waals surface area (Å²) in [4.78, 5) is 13.8. The standard InChI is InChI=1S/C16H12Cl2FNOS/c1-9-2-4-11(7-14(9)19)20-15(21)8-22-16(20)12-5-3-10(17)6-13(12)18/h2-7,16H,8H2,1H3/t16-/m0/s1. The number of carbonyl (C=O) groups is 1. The predicted molar refractivity (Wildman–Crippen MR) is 90.3 cm³/mol. The van der Waals surface area contributed by atoms with E-state index >= 15 is 0 Å². The quantitative estimate of drug-likeness (QED) is 0.735. The molecule has 1 heterocycles. The number of hydrogen-bond acceptors (Lipinski definition) is 2. The number of nitrogens with zero attached hydrogens (tertiary/aromatic N) is 1. The topological polar surface area (TPSA) is 20.3 Å². The summed E-state index contributed by atoms with van der Waals surface area (Å²) in [5.41, 5.74) is 1.88. The molecule has 1 aliphatic heterocycles. The molecule has 0 saturated carbocycles.